The van der Waals surface area contributed by atoms with Crippen LogP contribution in [-0.4, -0.2) is 0 Å². The highest BCUT2D eigenvalue weighted by molar-refractivity contribution is 5.20. The van der Waals surface area contributed by atoms with Gasteiger partial charge in [-0.3, -0.25) is 0 Å². The van der Waals surface area contributed by atoms with Crippen LogP contribution in [0.25, 0.3) is 0 Å². The van der Waals surface area contributed by atoms with Crippen LogP contribution in [0.1, 0.15) is 77.6 Å². The second kappa shape index (κ2) is 21.7. The summed E-state index contributed by atoms with van der Waals surface area (Å²) >= 11 is 0. The molecule has 0 unspecified atom stereocenters. The first-order valence-corrected chi connectivity index (χ1v) is 15.7. The minimum Gasteiger partial charge on any atom is -0.0683 e. The lowest BCUT2D eigenvalue weighted by molar-refractivity contribution is 0.380. The molecule has 0 saturated carbocycles. The van der Waals surface area contributed by atoms with E-state index in [1.165, 1.54) is 47.9 Å². The number of hydrogen-bond donors (Lipinski definition) is 0. The summed E-state index contributed by atoms with van der Waals surface area (Å²) in [5, 5.41) is 0. The highest BCUT2D eigenvalue weighted by Gasteiger charge is 2.15. The lowest BCUT2D eigenvalue weighted by atomic mass is 9.84. The van der Waals surface area contributed by atoms with Gasteiger partial charge in [-0.2, -0.15) is 0 Å². The fourth-order valence-corrected chi connectivity index (χ4v) is 4.75. The van der Waals surface area contributed by atoms with Crippen molar-refractivity contribution in [3.05, 3.63) is 144 Å². The first-order chi connectivity index (χ1) is 19.5. The van der Waals surface area contributed by atoms with E-state index in [4.69, 9.17) is 0 Å². The molecule has 0 atom stereocenters. The molecule has 0 heteroatoms. The molecule has 0 heterocycles. The van der Waals surface area contributed by atoms with Gasteiger partial charge in [-0.1, -0.05) is 177 Å². The van der Waals surface area contributed by atoms with Crippen molar-refractivity contribution in [1.29, 1.82) is 0 Å². The second-order valence-electron chi connectivity index (χ2n) is 10.8. The van der Waals surface area contributed by atoms with E-state index in [0.717, 1.165) is 11.8 Å². The predicted molar refractivity (Wildman–Crippen MR) is 180 cm³/mol. The van der Waals surface area contributed by atoms with Gasteiger partial charge in [0.2, 0.25) is 0 Å². The Morgan fingerprint density at radius 1 is 0.325 bits per heavy atom. The molecule has 0 aliphatic rings. The number of benzene rings is 4. The van der Waals surface area contributed by atoms with Crippen LogP contribution in [0.2, 0.25) is 0 Å². The third-order valence-corrected chi connectivity index (χ3v) is 7.25. The molecular formula is C40H56. The van der Waals surface area contributed by atoms with Crippen LogP contribution < -0.4 is 0 Å². The van der Waals surface area contributed by atoms with Crippen LogP contribution in [0.3, 0.4) is 0 Å². The molecule has 0 fully saturated rings. The lowest BCUT2D eigenvalue weighted by Gasteiger charge is -2.21. The van der Waals surface area contributed by atoms with Crippen LogP contribution in [0.15, 0.2) is 121 Å². The smallest absolute Gasteiger partial charge is 0.0245 e. The van der Waals surface area contributed by atoms with Crippen molar-refractivity contribution in [2.45, 2.75) is 81.1 Å². The third-order valence-electron chi connectivity index (χ3n) is 7.25. The van der Waals surface area contributed by atoms with Crippen LogP contribution in [0.4, 0.5) is 0 Å². The SMILES string of the molecule is CC.CC.CC(C)C(Cc1ccccc1)Cc1ccccc1.CC(C)C(Cc1ccccc1)Cc1ccccc1. The van der Waals surface area contributed by atoms with Crippen molar-refractivity contribution in [3.8, 4) is 0 Å². The zero-order valence-corrected chi connectivity index (χ0v) is 26.7. The molecule has 0 aliphatic heterocycles. The molecule has 0 spiro atoms. The normalized spacial score (nSPS) is 10.3. The van der Waals surface area contributed by atoms with E-state index < -0.39 is 0 Å². The molecule has 4 aromatic rings. The number of hydrogen-bond acceptors (Lipinski definition) is 0. The molecule has 4 aromatic carbocycles. The van der Waals surface area contributed by atoms with E-state index in [-0.39, 0.29) is 0 Å². The van der Waals surface area contributed by atoms with Crippen molar-refractivity contribution in [1.82, 2.24) is 0 Å². The minimum absolute atomic E-state index is 0.713. The van der Waals surface area contributed by atoms with Crippen LogP contribution >= 0.6 is 0 Å². The summed E-state index contributed by atoms with van der Waals surface area (Å²) in [7, 11) is 0. The van der Waals surface area contributed by atoms with E-state index in [0.29, 0.717) is 11.8 Å². The van der Waals surface area contributed by atoms with Crippen molar-refractivity contribution in [2.75, 3.05) is 0 Å². The molecule has 0 nitrogen and oxygen atoms in total. The largest absolute Gasteiger partial charge is 0.0683 e. The van der Waals surface area contributed by atoms with Crippen molar-refractivity contribution in [3.63, 3.8) is 0 Å². The third kappa shape index (κ3) is 14.3. The number of rotatable bonds is 10. The molecule has 0 bridgehead atoms. The molecule has 4 rings (SSSR count). The van der Waals surface area contributed by atoms with Gasteiger partial charge in [-0.05, 0) is 71.6 Å². The monoisotopic (exact) mass is 536 g/mol. The predicted octanol–water partition coefficient (Wildman–Crippen LogP) is 11.5. The molecule has 0 N–H and O–H groups in total. The van der Waals surface area contributed by atoms with E-state index in [2.05, 4.69) is 149 Å². The molecule has 40 heavy (non-hydrogen) atoms. The van der Waals surface area contributed by atoms with Crippen molar-refractivity contribution < 1.29 is 0 Å². The summed E-state index contributed by atoms with van der Waals surface area (Å²) in [4.78, 5) is 0. The lowest BCUT2D eigenvalue weighted by Crippen LogP contribution is -2.15. The summed E-state index contributed by atoms with van der Waals surface area (Å²) in [6, 6.07) is 43.3. The Morgan fingerprint density at radius 2 is 0.500 bits per heavy atom. The van der Waals surface area contributed by atoms with Crippen LogP contribution in [-0.2, 0) is 25.7 Å². The first-order valence-electron chi connectivity index (χ1n) is 15.7. The van der Waals surface area contributed by atoms with Gasteiger partial charge in [0, 0.05) is 0 Å². The Kier molecular flexibility index (Phi) is 18.9. The van der Waals surface area contributed by atoms with Crippen LogP contribution in [0.5, 0.6) is 0 Å². The van der Waals surface area contributed by atoms with Gasteiger partial charge in [-0.25, -0.2) is 0 Å². The summed E-state index contributed by atoms with van der Waals surface area (Å²) in [6.45, 7) is 17.3. The molecule has 216 valence electrons. The minimum atomic E-state index is 0.713. The highest BCUT2D eigenvalue weighted by atomic mass is 14.2. The average Bonchev–Trinajstić information content (AvgIpc) is 3.01. The Labute approximate surface area is 247 Å². The fourth-order valence-electron chi connectivity index (χ4n) is 4.75. The maximum Gasteiger partial charge on any atom is -0.0245 e. The standard InChI is InChI=1S/2C18H22.2C2H6/c2*1-15(2)18(13-16-9-5-3-6-10-16)14-17-11-7-4-8-12-17;2*1-2/h2*3-12,15,18H,13-14H2,1-2H3;2*1-2H3. The quantitative estimate of drug-likeness (QED) is 0.189. The van der Waals surface area contributed by atoms with Gasteiger partial charge in [-0.15, -0.1) is 0 Å². The topological polar surface area (TPSA) is 0 Å². The van der Waals surface area contributed by atoms with E-state index in [9.17, 15) is 0 Å². The van der Waals surface area contributed by atoms with E-state index in [1.54, 1.807) is 0 Å². The van der Waals surface area contributed by atoms with Gasteiger partial charge in [0.1, 0.15) is 0 Å². The Balaban J connectivity index is 0.000000356. The average molecular weight is 537 g/mol. The highest BCUT2D eigenvalue weighted by Crippen LogP contribution is 2.23. The Morgan fingerprint density at radius 3 is 0.650 bits per heavy atom. The van der Waals surface area contributed by atoms with Crippen LogP contribution in [0, 0.1) is 23.7 Å². The van der Waals surface area contributed by atoms with Gasteiger partial charge in [0.15, 0.2) is 0 Å². The van der Waals surface area contributed by atoms with Gasteiger partial charge >= 0.3 is 0 Å². The van der Waals surface area contributed by atoms with Crippen molar-refractivity contribution in [2.24, 2.45) is 23.7 Å². The summed E-state index contributed by atoms with van der Waals surface area (Å²) < 4.78 is 0. The molecular weight excluding hydrogens is 480 g/mol. The Hall–Kier alpha value is -3.12. The van der Waals surface area contributed by atoms with E-state index in [1.807, 2.05) is 27.7 Å². The summed E-state index contributed by atoms with van der Waals surface area (Å²) in [5.41, 5.74) is 5.80. The molecule has 0 saturated heterocycles. The zero-order chi connectivity index (χ0) is 29.6. The van der Waals surface area contributed by atoms with Crippen molar-refractivity contribution >= 4 is 0 Å². The summed E-state index contributed by atoms with van der Waals surface area (Å²) in [5.74, 6) is 2.86. The maximum atomic E-state index is 2.33. The molecule has 0 radical (unpaired) electrons. The molecule has 0 aliphatic carbocycles. The summed E-state index contributed by atoms with van der Waals surface area (Å²) in [6.07, 6.45) is 4.70. The molecule has 0 aromatic heterocycles. The fraction of sp³-hybridized carbons (Fsp3) is 0.400. The molecule has 0 amide bonds. The van der Waals surface area contributed by atoms with Gasteiger partial charge in [0.05, 0.1) is 0 Å². The van der Waals surface area contributed by atoms with E-state index >= 15 is 0 Å². The second-order valence-corrected chi connectivity index (χ2v) is 10.8. The first kappa shape index (κ1) is 34.9. The van der Waals surface area contributed by atoms with Gasteiger partial charge < -0.3 is 0 Å². The zero-order valence-electron chi connectivity index (χ0n) is 26.7. The van der Waals surface area contributed by atoms with Gasteiger partial charge in [0.25, 0.3) is 0 Å². The maximum absolute atomic E-state index is 2.33. The Bertz CT molecular complexity index is 892.